The molecule has 0 radical (unpaired) electrons. The van der Waals surface area contributed by atoms with Crippen molar-refractivity contribution in [2.75, 3.05) is 47.1 Å². The number of aliphatic imine (C=N–C) groups is 1. The molecule has 1 heterocycles. The van der Waals surface area contributed by atoms with E-state index >= 15 is 0 Å². The van der Waals surface area contributed by atoms with E-state index < -0.39 is 0 Å². The molecule has 1 saturated heterocycles. The predicted molar refractivity (Wildman–Crippen MR) is 80.2 cm³/mol. The number of nitrogens with zero attached hydrogens (tertiary/aromatic N) is 1. The van der Waals surface area contributed by atoms with Crippen LogP contribution in [0.1, 0.15) is 26.2 Å². The van der Waals surface area contributed by atoms with Gasteiger partial charge < -0.3 is 24.8 Å². The highest BCUT2D eigenvalue weighted by Gasteiger charge is 2.13. The summed E-state index contributed by atoms with van der Waals surface area (Å²) < 4.78 is 16.2. The van der Waals surface area contributed by atoms with Crippen LogP contribution in [-0.4, -0.2) is 65.2 Å². The molecule has 2 N–H and O–H groups in total. The predicted octanol–water partition coefficient (Wildman–Crippen LogP) is 0.772. The van der Waals surface area contributed by atoms with E-state index in [1.165, 1.54) is 0 Å². The first-order chi connectivity index (χ1) is 9.76. The van der Waals surface area contributed by atoms with E-state index in [0.717, 1.165) is 51.6 Å². The third-order valence-corrected chi connectivity index (χ3v) is 3.16. The minimum absolute atomic E-state index is 0.240. The third kappa shape index (κ3) is 7.67. The number of nitrogens with one attached hydrogen (secondary N) is 2. The van der Waals surface area contributed by atoms with Crippen LogP contribution < -0.4 is 10.6 Å². The largest absolute Gasteiger partial charge is 0.383 e. The first kappa shape index (κ1) is 17.2. The molecule has 1 atom stereocenters. The average Bonchev–Trinajstić information content (AvgIpc) is 2.47. The zero-order valence-electron chi connectivity index (χ0n) is 13.0. The molecule has 0 aliphatic carbocycles. The quantitative estimate of drug-likeness (QED) is 0.392. The van der Waals surface area contributed by atoms with E-state index in [2.05, 4.69) is 22.5 Å². The second kappa shape index (κ2) is 10.9. The second-order valence-corrected chi connectivity index (χ2v) is 5.04. The molecular formula is C14H29N3O3. The molecule has 1 unspecified atom stereocenters. The SMILES string of the molecule is CN=C(NCCCOC1CCOCC1)NC(C)COC. The molecule has 1 aliphatic rings. The van der Waals surface area contributed by atoms with Crippen LogP contribution >= 0.6 is 0 Å². The van der Waals surface area contributed by atoms with Crippen molar-refractivity contribution < 1.29 is 14.2 Å². The maximum Gasteiger partial charge on any atom is 0.191 e. The molecular weight excluding hydrogens is 258 g/mol. The van der Waals surface area contributed by atoms with Gasteiger partial charge in [-0.05, 0) is 26.2 Å². The highest BCUT2D eigenvalue weighted by Crippen LogP contribution is 2.10. The second-order valence-electron chi connectivity index (χ2n) is 5.04. The van der Waals surface area contributed by atoms with Gasteiger partial charge >= 0.3 is 0 Å². The fourth-order valence-corrected chi connectivity index (χ4v) is 2.09. The van der Waals surface area contributed by atoms with Gasteiger partial charge in [0.25, 0.3) is 0 Å². The van der Waals surface area contributed by atoms with Crippen molar-refractivity contribution in [1.29, 1.82) is 0 Å². The van der Waals surface area contributed by atoms with Crippen molar-refractivity contribution in [3.8, 4) is 0 Å². The lowest BCUT2D eigenvalue weighted by molar-refractivity contribution is -0.0320. The summed E-state index contributed by atoms with van der Waals surface area (Å²) in [6.07, 6.45) is 3.38. The van der Waals surface area contributed by atoms with Gasteiger partial charge in [-0.2, -0.15) is 0 Å². The standard InChI is InChI=1S/C14H29N3O3/c1-12(11-18-3)17-14(15-2)16-7-4-8-20-13-5-9-19-10-6-13/h12-13H,4-11H2,1-3H3,(H2,15,16,17). The summed E-state index contributed by atoms with van der Waals surface area (Å²) in [5, 5.41) is 6.54. The van der Waals surface area contributed by atoms with Gasteiger partial charge in [0.05, 0.1) is 12.7 Å². The average molecular weight is 287 g/mol. The first-order valence-electron chi connectivity index (χ1n) is 7.41. The Morgan fingerprint density at radius 3 is 2.80 bits per heavy atom. The lowest BCUT2D eigenvalue weighted by atomic mass is 10.1. The van der Waals surface area contributed by atoms with Crippen molar-refractivity contribution in [2.24, 2.45) is 4.99 Å². The molecule has 6 nitrogen and oxygen atoms in total. The minimum atomic E-state index is 0.240. The van der Waals surface area contributed by atoms with Crippen molar-refractivity contribution in [3.63, 3.8) is 0 Å². The van der Waals surface area contributed by atoms with Gasteiger partial charge in [-0.1, -0.05) is 0 Å². The Morgan fingerprint density at radius 1 is 1.40 bits per heavy atom. The lowest BCUT2D eigenvalue weighted by Crippen LogP contribution is -2.44. The molecule has 0 saturated carbocycles. The topological polar surface area (TPSA) is 64.1 Å². The van der Waals surface area contributed by atoms with Crippen molar-refractivity contribution in [1.82, 2.24) is 10.6 Å². The molecule has 6 heteroatoms. The Balaban J connectivity index is 2.03. The lowest BCUT2D eigenvalue weighted by Gasteiger charge is -2.22. The number of methoxy groups -OCH3 is 1. The number of hydrogen-bond acceptors (Lipinski definition) is 4. The monoisotopic (exact) mass is 287 g/mol. The summed E-state index contributed by atoms with van der Waals surface area (Å²) in [5.74, 6) is 0.806. The molecule has 0 aromatic rings. The van der Waals surface area contributed by atoms with Gasteiger partial charge in [-0.25, -0.2) is 0 Å². The van der Waals surface area contributed by atoms with Gasteiger partial charge in [0.2, 0.25) is 0 Å². The first-order valence-corrected chi connectivity index (χ1v) is 7.41. The van der Waals surface area contributed by atoms with E-state index in [4.69, 9.17) is 14.2 Å². The van der Waals surface area contributed by atoms with Gasteiger partial charge in [-0.15, -0.1) is 0 Å². The Hall–Kier alpha value is -0.850. The van der Waals surface area contributed by atoms with Crippen molar-refractivity contribution in [2.45, 2.75) is 38.3 Å². The Morgan fingerprint density at radius 2 is 2.15 bits per heavy atom. The Labute approximate surface area is 122 Å². The van der Waals surface area contributed by atoms with E-state index in [0.29, 0.717) is 12.7 Å². The fourth-order valence-electron chi connectivity index (χ4n) is 2.09. The van der Waals surface area contributed by atoms with Crippen molar-refractivity contribution in [3.05, 3.63) is 0 Å². The van der Waals surface area contributed by atoms with E-state index in [9.17, 15) is 0 Å². The van der Waals surface area contributed by atoms with Crippen LogP contribution in [0, 0.1) is 0 Å². The molecule has 20 heavy (non-hydrogen) atoms. The highest BCUT2D eigenvalue weighted by molar-refractivity contribution is 5.79. The van der Waals surface area contributed by atoms with Crippen LogP contribution in [0.5, 0.6) is 0 Å². The zero-order valence-corrected chi connectivity index (χ0v) is 13.0. The van der Waals surface area contributed by atoms with Crippen LogP contribution in [-0.2, 0) is 14.2 Å². The molecule has 0 spiro atoms. The smallest absolute Gasteiger partial charge is 0.191 e. The summed E-state index contributed by atoms with van der Waals surface area (Å²) in [6, 6.07) is 0.240. The van der Waals surface area contributed by atoms with Crippen LogP contribution in [0.3, 0.4) is 0 Å². The van der Waals surface area contributed by atoms with Crippen molar-refractivity contribution >= 4 is 5.96 Å². The van der Waals surface area contributed by atoms with Crippen LogP contribution in [0.15, 0.2) is 4.99 Å². The van der Waals surface area contributed by atoms with Crippen LogP contribution in [0.2, 0.25) is 0 Å². The molecule has 1 rings (SSSR count). The fraction of sp³-hybridized carbons (Fsp3) is 0.929. The molecule has 118 valence electrons. The molecule has 0 aromatic carbocycles. The summed E-state index contributed by atoms with van der Waals surface area (Å²) in [7, 11) is 3.47. The molecule has 0 amide bonds. The van der Waals surface area contributed by atoms with E-state index in [-0.39, 0.29) is 6.04 Å². The Kier molecular flexibility index (Phi) is 9.36. The molecule has 0 aromatic heterocycles. The number of ether oxygens (including phenoxy) is 3. The molecule has 1 fully saturated rings. The molecule has 1 aliphatic heterocycles. The van der Waals surface area contributed by atoms with Gasteiger partial charge in [0.15, 0.2) is 5.96 Å². The summed E-state index contributed by atoms with van der Waals surface area (Å²) >= 11 is 0. The summed E-state index contributed by atoms with van der Waals surface area (Å²) in [4.78, 5) is 4.18. The van der Waals surface area contributed by atoms with Gasteiger partial charge in [0.1, 0.15) is 0 Å². The highest BCUT2D eigenvalue weighted by atomic mass is 16.5. The summed E-state index contributed by atoms with van der Waals surface area (Å²) in [6.45, 7) is 6.01. The normalized spacial score (nSPS) is 18.9. The zero-order chi connectivity index (χ0) is 14.6. The van der Waals surface area contributed by atoms with Crippen LogP contribution in [0.4, 0.5) is 0 Å². The Bertz CT molecular complexity index is 268. The van der Waals surface area contributed by atoms with Gasteiger partial charge in [-0.3, -0.25) is 4.99 Å². The van der Waals surface area contributed by atoms with E-state index in [1.54, 1.807) is 14.2 Å². The van der Waals surface area contributed by atoms with E-state index in [1.807, 2.05) is 0 Å². The number of hydrogen-bond donors (Lipinski definition) is 2. The maximum atomic E-state index is 5.82. The third-order valence-electron chi connectivity index (χ3n) is 3.16. The number of guanidine groups is 1. The minimum Gasteiger partial charge on any atom is -0.383 e. The summed E-state index contributed by atoms with van der Waals surface area (Å²) in [5.41, 5.74) is 0. The van der Waals surface area contributed by atoms with Crippen LogP contribution in [0.25, 0.3) is 0 Å². The molecule has 0 bridgehead atoms. The number of rotatable bonds is 8. The van der Waals surface area contributed by atoms with Gasteiger partial charge in [0, 0.05) is 46.6 Å². The maximum absolute atomic E-state index is 5.82.